The van der Waals surface area contributed by atoms with Crippen molar-refractivity contribution in [1.82, 2.24) is 20.1 Å². The first-order chi connectivity index (χ1) is 14.6. The Bertz CT molecular complexity index is 742. The lowest BCUT2D eigenvalue weighted by Crippen LogP contribution is -2.48. The van der Waals surface area contributed by atoms with Crippen molar-refractivity contribution in [2.75, 3.05) is 59.5 Å². The van der Waals surface area contributed by atoms with Gasteiger partial charge in [-0.1, -0.05) is 6.92 Å². The molecule has 8 nitrogen and oxygen atoms in total. The highest BCUT2D eigenvalue weighted by Crippen LogP contribution is 2.18. The predicted octanol–water partition coefficient (Wildman–Crippen LogP) is 1.17. The van der Waals surface area contributed by atoms with Gasteiger partial charge in [0.25, 0.3) is 0 Å². The molecular weight excluding hydrogens is 382 g/mol. The van der Waals surface area contributed by atoms with Gasteiger partial charge in [-0.15, -0.1) is 0 Å². The van der Waals surface area contributed by atoms with Crippen molar-refractivity contribution in [3.05, 3.63) is 29.8 Å². The molecule has 0 atom stereocenters. The van der Waals surface area contributed by atoms with Gasteiger partial charge >= 0.3 is 0 Å². The van der Waals surface area contributed by atoms with Gasteiger partial charge in [-0.05, 0) is 36.4 Å². The standard InChI is InChI=1S/C22H33N5O3/c1-3-25-14-16-26(17-15-25)13-11-23-21(28)10-12-27-22(29)9-8-20(24-27)18-4-6-19(30-2)7-5-18/h4-7H,3,8-17H2,1-2H3,(H,23,28). The summed E-state index contributed by atoms with van der Waals surface area (Å²) >= 11 is 0. The Hall–Kier alpha value is -2.45. The fourth-order valence-electron chi connectivity index (χ4n) is 3.74. The molecule has 0 unspecified atom stereocenters. The normalized spacial score (nSPS) is 18.3. The number of piperazine rings is 1. The molecule has 0 saturated carbocycles. The summed E-state index contributed by atoms with van der Waals surface area (Å²) in [6, 6.07) is 7.65. The summed E-state index contributed by atoms with van der Waals surface area (Å²) in [7, 11) is 1.63. The molecule has 0 aliphatic carbocycles. The molecule has 164 valence electrons. The number of benzene rings is 1. The highest BCUT2D eigenvalue weighted by Gasteiger charge is 2.22. The summed E-state index contributed by atoms with van der Waals surface area (Å²) < 4.78 is 5.19. The van der Waals surface area contributed by atoms with E-state index in [0.717, 1.165) is 56.3 Å². The maximum absolute atomic E-state index is 12.2. The Morgan fingerprint density at radius 2 is 1.77 bits per heavy atom. The predicted molar refractivity (Wildman–Crippen MR) is 117 cm³/mol. The maximum atomic E-state index is 12.2. The van der Waals surface area contributed by atoms with Crippen molar-refractivity contribution in [3.8, 4) is 5.75 Å². The summed E-state index contributed by atoms with van der Waals surface area (Å²) in [5.41, 5.74) is 1.84. The minimum Gasteiger partial charge on any atom is -0.497 e. The number of hydrogen-bond acceptors (Lipinski definition) is 6. The second-order valence-electron chi connectivity index (χ2n) is 7.67. The number of amides is 2. The molecule has 2 aliphatic heterocycles. The molecule has 30 heavy (non-hydrogen) atoms. The lowest BCUT2D eigenvalue weighted by Gasteiger charge is -2.33. The molecule has 1 N–H and O–H groups in total. The first-order valence-electron chi connectivity index (χ1n) is 10.8. The van der Waals surface area contributed by atoms with Crippen LogP contribution in [0.1, 0.15) is 31.7 Å². The van der Waals surface area contributed by atoms with E-state index in [1.54, 1.807) is 7.11 Å². The number of nitrogens with zero attached hydrogens (tertiary/aromatic N) is 4. The van der Waals surface area contributed by atoms with Crippen LogP contribution in [-0.4, -0.2) is 91.8 Å². The molecule has 0 aromatic heterocycles. The summed E-state index contributed by atoms with van der Waals surface area (Å²) in [6.07, 6.45) is 1.28. The quantitative estimate of drug-likeness (QED) is 0.655. The zero-order chi connectivity index (χ0) is 21.3. The highest BCUT2D eigenvalue weighted by molar-refractivity contribution is 6.04. The fraction of sp³-hybridized carbons (Fsp3) is 0.591. The van der Waals surface area contributed by atoms with Crippen molar-refractivity contribution in [3.63, 3.8) is 0 Å². The zero-order valence-corrected chi connectivity index (χ0v) is 18.1. The number of hydrazone groups is 1. The molecule has 1 saturated heterocycles. The van der Waals surface area contributed by atoms with Gasteiger partial charge in [0.05, 0.1) is 19.4 Å². The van der Waals surface area contributed by atoms with Gasteiger partial charge < -0.3 is 15.0 Å². The monoisotopic (exact) mass is 415 g/mol. The van der Waals surface area contributed by atoms with E-state index < -0.39 is 0 Å². The van der Waals surface area contributed by atoms with Gasteiger partial charge in [0.15, 0.2) is 0 Å². The second kappa shape index (κ2) is 11.1. The molecule has 1 fully saturated rings. The Morgan fingerprint density at radius 3 is 2.43 bits per heavy atom. The maximum Gasteiger partial charge on any atom is 0.243 e. The van der Waals surface area contributed by atoms with Crippen LogP contribution in [0, 0.1) is 0 Å². The van der Waals surface area contributed by atoms with E-state index in [1.165, 1.54) is 5.01 Å². The molecule has 0 radical (unpaired) electrons. The molecule has 1 aromatic rings. The number of rotatable bonds is 9. The number of nitrogens with one attached hydrogen (secondary N) is 1. The van der Waals surface area contributed by atoms with Crippen LogP contribution in [0.4, 0.5) is 0 Å². The van der Waals surface area contributed by atoms with Crippen LogP contribution in [0.3, 0.4) is 0 Å². The van der Waals surface area contributed by atoms with Crippen LogP contribution < -0.4 is 10.1 Å². The summed E-state index contributed by atoms with van der Waals surface area (Å²) in [5.74, 6) is 0.711. The molecule has 8 heteroatoms. The minimum absolute atomic E-state index is 0.0335. The van der Waals surface area contributed by atoms with Gasteiger partial charge in [0, 0.05) is 58.5 Å². The number of methoxy groups -OCH3 is 1. The Kier molecular flexibility index (Phi) is 8.21. The van der Waals surface area contributed by atoms with Crippen molar-refractivity contribution in [2.45, 2.75) is 26.2 Å². The van der Waals surface area contributed by atoms with Crippen LogP contribution in [0.5, 0.6) is 5.75 Å². The van der Waals surface area contributed by atoms with Gasteiger partial charge in [0.2, 0.25) is 11.8 Å². The third kappa shape index (κ3) is 6.27. The van der Waals surface area contributed by atoms with Crippen molar-refractivity contribution in [2.24, 2.45) is 5.10 Å². The number of hydrogen-bond donors (Lipinski definition) is 1. The first kappa shape index (κ1) is 22.2. The van der Waals surface area contributed by atoms with E-state index in [-0.39, 0.29) is 18.2 Å². The van der Waals surface area contributed by atoms with Gasteiger partial charge in [-0.25, -0.2) is 5.01 Å². The van der Waals surface area contributed by atoms with E-state index in [9.17, 15) is 9.59 Å². The molecular formula is C22H33N5O3. The SMILES string of the molecule is CCN1CCN(CCNC(=O)CCN2N=C(c3ccc(OC)cc3)CCC2=O)CC1. The number of carbonyl (C=O) groups excluding carboxylic acids is 2. The van der Waals surface area contributed by atoms with Gasteiger partial charge in [-0.3, -0.25) is 14.5 Å². The summed E-state index contributed by atoms with van der Waals surface area (Å²) in [4.78, 5) is 29.2. The highest BCUT2D eigenvalue weighted by atomic mass is 16.5. The molecule has 1 aromatic carbocycles. The first-order valence-corrected chi connectivity index (χ1v) is 10.8. The molecule has 2 heterocycles. The average Bonchev–Trinajstić information content (AvgIpc) is 2.79. The molecule has 2 amide bonds. The fourth-order valence-corrected chi connectivity index (χ4v) is 3.74. The third-order valence-corrected chi connectivity index (χ3v) is 5.74. The summed E-state index contributed by atoms with van der Waals surface area (Å²) in [6.45, 7) is 9.38. The number of ether oxygens (including phenoxy) is 1. The third-order valence-electron chi connectivity index (χ3n) is 5.74. The van der Waals surface area contributed by atoms with Crippen LogP contribution in [0.2, 0.25) is 0 Å². The topological polar surface area (TPSA) is 77.5 Å². The lowest BCUT2D eigenvalue weighted by atomic mass is 10.0. The summed E-state index contributed by atoms with van der Waals surface area (Å²) in [5, 5.41) is 8.90. The van der Waals surface area contributed by atoms with E-state index in [4.69, 9.17) is 4.74 Å². The minimum atomic E-state index is -0.0400. The lowest BCUT2D eigenvalue weighted by molar-refractivity contribution is -0.132. The zero-order valence-electron chi connectivity index (χ0n) is 18.1. The van der Waals surface area contributed by atoms with E-state index in [1.807, 2.05) is 24.3 Å². The van der Waals surface area contributed by atoms with Gasteiger partial charge in [0.1, 0.15) is 5.75 Å². The van der Waals surface area contributed by atoms with Crippen molar-refractivity contribution < 1.29 is 14.3 Å². The Balaban J connectivity index is 1.42. The number of carbonyl (C=O) groups is 2. The number of likely N-dealkylation sites (N-methyl/N-ethyl adjacent to an activating group) is 1. The average molecular weight is 416 g/mol. The Morgan fingerprint density at radius 1 is 1.07 bits per heavy atom. The molecule has 3 rings (SSSR count). The van der Waals surface area contributed by atoms with Gasteiger partial charge in [-0.2, -0.15) is 5.10 Å². The Labute approximate surface area is 178 Å². The second-order valence-corrected chi connectivity index (χ2v) is 7.67. The smallest absolute Gasteiger partial charge is 0.243 e. The molecule has 0 spiro atoms. The van der Waals surface area contributed by atoms with E-state index >= 15 is 0 Å². The van der Waals surface area contributed by atoms with E-state index in [0.29, 0.717) is 25.9 Å². The van der Waals surface area contributed by atoms with Crippen LogP contribution in [0.15, 0.2) is 29.4 Å². The van der Waals surface area contributed by atoms with Crippen LogP contribution in [0.25, 0.3) is 0 Å². The van der Waals surface area contributed by atoms with Crippen molar-refractivity contribution in [1.29, 1.82) is 0 Å². The van der Waals surface area contributed by atoms with E-state index in [2.05, 4.69) is 27.1 Å². The van der Waals surface area contributed by atoms with Crippen molar-refractivity contribution >= 4 is 17.5 Å². The van der Waals surface area contributed by atoms with Crippen LogP contribution in [-0.2, 0) is 9.59 Å². The molecule has 2 aliphatic rings. The molecule has 0 bridgehead atoms. The van der Waals surface area contributed by atoms with Crippen LogP contribution >= 0.6 is 0 Å². The largest absolute Gasteiger partial charge is 0.497 e.